The number of rotatable bonds is 6. The van der Waals surface area contributed by atoms with Crippen LogP contribution < -0.4 is 15.5 Å². The molecule has 9 heteroatoms. The first-order chi connectivity index (χ1) is 13.8. The van der Waals surface area contributed by atoms with Crippen molar-refractivity contribution in [2.75, 3.05) is 37.5 Å². The fourth-order valence-corrected chi connectivity index (χ4v) is 3.68. The number of morpholine rings is 1. The highest BCUT2D eigenvalue weighted by molar-refractivity contribution is 7.90. The van der Waals surface area contributed by atoms with Crippen molar-refractivity contribution in [3.63, 3.8) is 0 Å². The molecule has 0 spiro atoms. The summed E-state index contributed by atoms with van der Waals surface area (Å²) in [5, 5.41) is 5.71. The van der Waals surface area contributed by atoms with E-state index in [0.717, 1.165) is 30.0 Å². The van der Waals surface area contributed by atoms with E-state index in [2.05, 4.69) is 20.5 Å². The lowest BCUT2D eigenvalue weighted by Gasteiger charge is -2.28. The molecule has 0 saturated carbocycles. The highest BCUT2D eigenvalue weighted by Crippen LogP contribution is 2.17. The van der Waals surface area contributed by atoms with E-state index in [1.807, 2.05) is 19.1 Å². The molecule has 2 N–H and O–H groups in total. The second-order valence-electron chi connectivity index (χ2n) is 7.01. The second kappa shape index (κ2) is 9.23. The molecule has 29 heavy (non-hydrogen) atoms. The number of hydrogen-bond donors (Lipinski definition) is 2. The molecule has 0 aliphatic carbocycles. The molecule has 2 heterocycles. The van der Waals surface area contributed by atoms with Gasteiger partial charge in [-0.25, -0.2) is 18.2 Å². The summed E-state index contributed by atoms with van der Waals surface area (Å²) < 4.78 is 28.4. The van der Waals surface area contributed by atoms with Crippen molar-refractivity contribution >= 4 is 21.7 Å². The van der Waals surface area contributed by atoms with Gasteiger partial charge in [-0.2, -0.15) is 0 Å². The molecule has 3 rings (SSSR count). The number of amides is 2. The van der Waals surface area contributed by atoms with Gasteiger partial charge >= 0.3 is 6.03 Å². The molecule has 2 aromatic rings. The van der Waals surface area contributed by atoms with Crippen LogP contribution in [0.3, 0.4) is 0 Å². The van der Waals surface area contributed by atoms with Gasteiger partial charge in [-0.05, 0) is 42.3 Å². The summed E-state index contributed by atoms with van der Waals surface area (Å²) in [6, 6.07) is 9.79. The Morgan fingerprint density at radius 3 is 2.55 bits per heavy atom. The minimum Gasteiger partial charge on any atom is -0.378 e. The molecule has 1 aliphatic heterocycles. The largest absolute Gasteiger partial charge is 0.378 e. The molecule has 1 fully saturated rings. The monoisotopic (exact) mass is 418 g/mol. The Morgan fingerprint density at radius 1 is 1.21 bits per heavy atom. The first-order valence-electron chi connectivity index (χ1n) is 9.45. The second-order valence-corrected chi connectivity index (χ2v) is 9.03. The van der Waals surface area contributed by atoms with Crippen molar-refractivity contribution in [2.24, 2.45) is 0 Å². The minimum atomic E-state index is -3.23. The van der Waals surface area contributed by atoms with Crippen LogP contribution in [0.15, 0.2) is 47.5 Å². The fraction of sp³-hybridized carbons (Fsp3) is 0.400. The number of anilines is 1. The summed E-state index contributed by atoms with van der Waals surface area (Å²) in [5.41, 5.74) is 1.79. The van der Waals surface area contributed by atoms with Crippen LogP contribution in [-0.2, 0) is 21.1 Å². The van der Waals surface area contributed by atoms with Gasteiger partial charge < -0.3 is 20.3 Å². The number of hydrogen-bond acceptors (Lipinski definition) is 6. The van der Waals surface area contributed by atoms with Crippen molar-refractivity contribution in [3.05, 3.63) is 53.7 Å². The molecule has 1 unspecified atom stereocenters. The van der Waals surface area contributed by atoms with Crippen LogP contribution >= 0.6 is 0 Å². The van der Waals surface area contributed by atoms with Crippen LogP contribution in [0.1, 0.15) is 24.1 Å². The van der Waals surface area contributed by atoms with E-state index in [1.165, 1.54) is 6.26 Å². The van der Waals surface area contributed by atoms with E-state index in [1.54, 1.807) is 30.5 Å². The maximum absolute atomic E-state index is 12.3. The third kappa shape index (κ3) is 5.91. The van der Waals surface area contributed by atoms with Crippen LogP contribution in [0, 0.1) is 0 Å². The van der Waals surface area contributed by atoms with Gasteiger partial charge in [-0.15, -0.1) is 0 Å². The van der Waals surface area contributed by atoms with Gasteiger partial charge in [0.1, 0.15) is 5.82 Å². The topological polar surface area (TPSA) is 101 Å². The summed E-state index contributed by atoms with van der Waals surface area (Å²) in [4.78, 5) is 19.1. The number of nitrogens with one attached hydrogen (secondary N) is 2. The molecule has 1 atom stereocenters. The molecule has 0 radical (unpaired) electrons. The third-order valence-corrected chi connectivity index (χ3v) is 5.88. The Labute approximate surface area is 171 Å². The predicted molar refractivity (Wildman–Crippen MR) is 111 cm³/mol. The van der Waals surface area contributed by atoms with Crippen molar-refractivity contribution in [2.45, 2.75) is 24.4 Å². The number of nitrogens with zero attached hydrogens (tertiary/aromatic N) is 2. The Kier molecular flexibility index (Phi) is 6.71. The number of aromatic nitrogens is 1. The van der Waals surface area contributed by atoms with Gasteiger partial charge in [-0.1, -0.05) is 12.1 Å². The van der Waals surface area contributed by atoms with E-state index in [0.29, 0.717) is 19.8 Å². The number of benzene rings is 1. The van der Waals surface area contributed by atoms with E-state index >= 15 is 0 Å². The zero-order valence-electron chi connectivity index (χ0n) is 16.6. The fourth-order valence-electron chi connectivity index (χ4n) is 3.05. The summed E-state index contributed by atoms with van der Waals surface area (Å²) in [6.45, 7) is 5.22. The van der Waals surface area contributed by atoms with Gasteiger partial charge in [0.2, 0.25) is 0 Å². The quantitative estimate of drug-likeness (QED) is 0.743. The number of ether oxygens (including phenoxy) is 1. The zero-order valence-corrected chi connectivity index (χ0v) is 17.4. The highest BCUT2D eigenvalue weighted by atomic mass is 32.2. The zero-order chi connectivity index (χ0) is 20.9. The minimum absolute atomic E-state index is 0.256. The van der Waals surface area contributed by atoms with E-state index in [-0.39, 0.29) is 17.0 Å². The van der Waals surface area contributed by atoms with E-state index in [4.69, 9.17) is 4.74 Å². The Bertz CT molecular complexity index is 941. The predicted octanol–water partition coefficient (Wildman–Crippen LogP) is 1.88. The molecule has 1 saturated heterocycles. The van der Waals surface area contributed by atoms with E-state index < -0.39 is 9.84 Å². The summed E-state index contributed by atoms with van der Waals surface area (Å²) in [6.07, 6.45) is 2.91. The molecule has 1 aromatic carbocycles. The average molecular weight is 419 g/mol. The molecule has 1 aliphatic rings. The number of carbonyl (C=O) groups is 1. The van der Waals surface area contributed by atoms with Crippen molar-refractivity contribution in [3.8, 4) is 0 Å². The molecule has 0 bridgehead atoms. The molecule has 2 amide bonds. The smallest absolute Gasteiger partial charge is 0.315 e. The maximum atomic E-state index is 12.3. The first kappa shape index (κ1) is 21.1. The summed E-state index contributed by atoms with van der Waals surface area (Å²) in [7, 11) is -3.23. The Morgan fingerprint density at radius 2 is 1.90 bits per heavy atom. The Balaban J connectivity index is 1.53. The van der Waals surface area contributed by atoms with Gasteiger partial charge in [0, 0.05) is 32.1 Å². The summed E-state index contributed by atoms with van der Waals surface area (Å²) >= 11 is 0. The summed E-state index contributed by atoms with van der Waals surface area (Å²) in [5.74, 6) is 0.882. The van der Waals surface area contributed by atoms with Gasteiger partial charge in [0.25, 0.3) is 0 Å². The lowest BCUT2D eigenvalue weighted by Crippen LogP contribution is -2.37. The first-order valence-corrected chi connectivity index (χ1v) is 11.3. The van der Waals surface area contributed by atoms with Crippen LogP contribution in [-0.4, -0.2) is 52.0 Å². The normalized spacial score (nSPS) is 15.6. The molecule has 1 aromatic heterocycles. The lowest BCUT2D eigenvalue weighted by molar-refractivity contribution is 0.122. The van der Waals surface area contributed by atoms with Crippen LogP contribution in [0.5, 0.6) is 0 Å². The average Bonchev–Trinajstić information content (AvgIpc) is 2.72. The number of sulfone groups is 1. The van der Waals surface area contributed by atoms with Gasteiger partial charge in [-0.3, -0.25) is 0 Å². The third-order valence-electron chi connectivity index (χ3n) is 4.75. The highest BCUT2D eigenvalue weighted by Gasteiger charge is 2.14. The van der Waals surface area contributed by atoms with Crippen molar-refractivity contribution in [1.29, 1.82) is 0 Å². The van der Waals surface area contributed by atoms with Gasteiger partial charge in [0.05, 0.1) is 24.2 Å². The van der Waals surface area contributed by atoms with Crippen molar-refractivity contribution < 1.29 is 17.9 Å². The number of pyridine rings is 1. The molecule has 8 nitrogen and oxygen atoms in total. The molecule has 156 valence electrons. The molecular formula is C20H26N4O4S. The van der Waals surface area contributed by atoms with Crippen LogP contribution in [0.4, 0.5) is 10.6 Å². The standard InChI is InChI=1S/C20H26N4O4S/c1-15(17-3-5-18(6-4-17)29(2,26)27)23-20(25)22-14-16-7-8-21-19(13-16)24-9-11-28-12-10-24/h3-8,13,15H,9-12,14H2,1-2H3,(H2,22,23,25). The Hall–Kier alpha value is -2.65. The van der Waals surface area contributed by atoms with Gasteiger partial charge in [0.15, 0.2) is 9.84 Å². The maximum Gasteiger partial charge on any atom is 0.315 e. The number of urea groups is 1. The lowest BCUT2D eigenvalue weighted by atomic mass is 10.1. The molecular weight excluding hydrogens is 392 g/mol. The van der Waals surface area contributed by atoms with E-state index in [9.17, 15) is 13.2 Å². The van der Waals surface area contributed by atoms with Crippen LogP contribution in [0.25, 0.3) is 0 Å². The number of carbonyl (C=O) groups excluding carboxylic acids is 1. The van der Waals surface area contributed by atoms with Crippen molar-refractivity contribution in [1.82, 2.24) is 15.6 Å². The SMILES string of the molecule is CC(NC(=O)NCc1ccnc(N2CCOCC2)c1)c1ccc(S(C)(=O)=O)cc1. The van der Waals surface area contributed by atoms with Crippen LogP contribution in [0.2, 0.25) is 0 Å².